The molecule has 98 valence electrons. The molecule has 1 unspecified atom stereocenters. The predicted molar refractivity (Wildman–Crippen MR) is 66.0 cm³/mol. The molecule has 0 aromatic rings. The van der Waals surface area contributed by atoms with Gasteiger partial charge < -0.3 is 20.7 Å². The fraction of sp³-hybridized carbons (Fsp3) is 0.818. The van der Waals surface area contributed by atoms with Gasteiger partial charge in [-0.2, -0.15) is 0 Å². The lowest BCUT2D eigenvalue weighted by molar-refractivity contribution is 0.140. The molecule has 6 heteroatoms. The zero-order chi connectivity index (χ0) is 12.8. The number of oxime groups is 1. The van der Waals surface area contributed by atoms with Crippen molar-refractivity contribution in [1.82, 2.24) is 9.80 Å². The standard InChI is InChI=1S/C11H22N4O2/c1-9-4-3-6-15(8-9)11(16)14(2)7-5-10(12)13-17/h9,17H,3-8H2,1-2H3,(H2,12,13). The summed E-state index contributed by atoms with van der Waals surface area (Å²) in [5.41, 5.74) is 5.37. The van der Waals surface area contributed by atoms with Gasteiger partial charge in [0.1, 0.15) is 5.84 Å². The highest BCUT2D eigenvalue weighted by molar-refractivity contribution is 5.80. The fourth-order valence-corrected chi connectivity index (χ4v) is 2.03. The average molecular weight is 242 g/mol. The number of carbonyl (C=O) groups excluding carboxylic acids is 1. The molecule has 0 saturated carbocycles. The number of amides is 2. The topological polar surface area (TPSA) is 82.2 Å². The number of urea groups is 1. The van der Waals surface area contributed by atoms with E-state index < -0.39 is 0 Å². The molecule has 1 rings (SSSR count). The van der Waals surface area contributed by atoms with Crippen LogP contribution in [-0.2, 0) is 0 Å². The Morgan fingerprint density at radius 2 is 2.35 bits per heavy atom. The second-order valence-electron chi connectivity index (χ2n) is 4.74. The SMILES string of the molecule is CC1CCCN(C(=O)N(C)CCC(N)=NO)C1. The molecular weight excluding hydrogens is 220 g/mol. The maximum atomic E-state index is 12.1. The Hall–Kier alpha value is -1.46. The summed E-state index contributed by atoms with van der Waals surface area (Å²) in [5, 5.41) is 11.3. The third-order valence-corrected chi connectivity index (χ3v) is 3.09. The van der Waals surface area contributed by atoms with Crippen molar-refractivity contribution in [3.63, 3.8) is 0 Å². The average Bonchev–Trinajstić information content (AvgIpc) is 2.34. The van der Waals surface area contributed by atoms with Crippen molar-refractivity contribution in [2.45, 2.75) is 26.2 Å². The summed E-state index contributed by atoms with van der Waals surface area (Å²) >= 11 is 0. The Bertz CT molecular complexity index is 293. The minimum Gasteiger partial charge on any atom is -0.409 e. The molecular formula is C11H22N4O2. The molecule has 1 fully saturated rings. The molecule has 1 heterocycles. The van der Waals surface area contributed by atoms with Crippen LogP contribution < -0.4 is 5.73 Å². The van der Waals surface area contributed by atoms with E-state index in [-0.39, 0.29) is 11.9 Å². The Morgan fingerprint density at radius 3 is 2.94 bits per heavy atom. The highest BCUT2D eigenvalue weighted by atomic mass is 16.4. The second kappa shape index (κ2) is 6.32. The third-order valence-electron chi connectivity index (χ3n) is 3.09. The minimum absolute atomic E-state index is 0.0299. The molecule has 0 radical (unpaired) electrons. The van der Waals surface area contributed by atoms with Gasteiger partial charge in [0.25, 0.3) is 0 Å². The van der Waals surface area contributed by atoms with Crippen LogP contribution in [0.5, 0.6) is 0 Å². The molecule has 1 atom stereocenters. The van der Waals surface area contributed by atoms with Crippen LogP contribution in [0.15, 0.2) is 5.16 Å². The molecule has 1 saturated heterocycles. The molecule has 0 aromatic carbocycles. The molecule has 0 spiro atoms. The van der Waals surface area contributed by atoms with Gasteiger partial charge >= 0.3 is 6.03 Å². The summed E-state index contributed by atoms with van der Waals surface area (Å²) in [6.45, 7) is 4.29. The third kappa shape index (κ3) is 4.13. The van der Waals surface area contributed by atoms with E-state index in [1.807, 2.05) is 4.90 Å². The number of carbonyl (C=O) groups is 1. The van der Waals surface area contributed by atoms with E-state index in [4.69, 9.17) is 10.9 Å². The largest absolute Gasteiger partial charge is 0.409 e. The summed E-state index contributed by atoms with van der Waals surface area (Å²) in [4.78, 5) is 15.5. The van der Waals surface area contributed by atoms with Crippen molar-refractivity contribution in [2.75, 3.05) is 26.7 Å². The molecule has 1 aliphatic heterocycles. The number of nitrogens with two attached hydrogens (primary N) is 1. The van der Waals surface area contributed by atoms with Gasteiger partial charge in [0.2, 0.25) is 0 Å². The molecule has 2 amide bonds. The monoisotopic (exact) mass is 242 g/mol. The number of piperidine rings is 1. The maximum Gasteiger partial charge on any atom is 0.319 e. The van der Waals surface area contributed by atoms with Gasteiger partial charge in [-0.1, -0.05) is 12.1 Å². The minimum atomic E-state index is 0.0299. The number of amidine groups is 1. The highest BCUT2D eigenvalue weighted by Gasteiger charge is 2.23. The molecule has 0 aliphatic carbocycles. The number of hydrogen-bond donors (Lipinski definition) is 2. The highest BCUT2D eigenvalue weighted by Crippen LogP contribution is 2.16. The van der Waals surface area contributed by atoms with Crippen LogP contribution in [0, 0.1) is 5.92 Å². The molecule has 0 aromatic heterocycles. The molecule has 1 aliphatic rings. The lowest BCUT2D eigenvalue weighted by atomic mass is 10.0. The smallest absolute Gasteiger partial charge is 0.319 e. The lowest BCUT2D eigenvalue weighted by Crippen LogP contribution is -2.46. The van der Waals surface area contributed by atoms with Crippen LogP contribution in [0.3, 0.4) is 0 Å². The lowest BCUT2D eigenvalue weighted by Gasteiger charge is -2.34. The van der Waals surface area contributed by atoms with Crippen molar-refractivity contribution >= 4 is 11.9 Å². The Morgan fingerprint density at radius 1 is 1.65 bits per heavy atom. The van der Waals surface area contributed by atoms with Crippen molar-refractivity contribution in [3.8, 4) is 0 Å². The van der Waals surface area contributed by atoms with E-state index in [0.717, 1.165) is 19.5 Å². The zero-order valence-corrected chi connectivity index (χ0v) is 10.6. The van der Waals surface area contributed by atoms with Gasteiger partial charge in [-0.15, -0.1) is 0 Å². The van der Waals surface area contributed by atoms with Crippen LogP contribution in [0.25, 0.3) is 0 Å². The van der Waals surface area contributed by atoms with E-state index in [1.165, 1.54) is 6.42 Å². The molecule has 17 heavy (non-hydrogen) atoms. The first-order chi connectivity index (χ1) is 8.04. The van der Waals surface area contributed by atoms with Gasteiger partial charge in [-0.25, -0.2) is 4.79 Å². The van der Waals surface area contributed by atoms with Crippen molar-refractivity contribution in [1.29, 1.82) is 0 Å². The molecule has 0 bridgehead atoms. The summed E-state index contributed by atoms with van der Waals surface area (Å²) < 4.78 is 0. The van der Waals surface area contributed by atoms with E-state index in [9.17, 15) is 4.79 Å². The van der Waals surface area contributed by atoms with Crippen LogP contribution >= 0.6 is 0 Å². The summed E-state index contributed by atoms with van der Waals surface area (Å²) in [5.74, 6) is 0.724. The van der Waals surface area contributed by atoms with E-state index in [1.54, 1.807) is 11.9 Å². The van der Waals surface area contributed by atoms with Crippen molar-refractivity contribution < 1.29 is 10.0 Å². The van der Waals surface area contributed by atoms with Crippen molar-refractivity contribution in [2.24, 2.45) is 16.8 Å². The summed E-state index contributed by atoms with van der Waals surface area (Å²) in [7, 11) is 1.74. The second-order valence-corrected chi connectivity index (χ2v) is 4.74. The van der Waals surface area contributed by atoms with Crippen LogP contribution in [-0.4, -0.2) is 53.6 Å². The predicted octanol–water partition coefficient (Wildman–Crippen LogP) is 0.907. The maximum absolute atomic E-state index is 12.1. The fourth-order valence-electron chi connectivity index (χ4n) is 2.03. The quantitative estimate of drug-likeness (QED) is 0.334. The van der Waals surface area contributed by atoms with Gasteiger partial charge in [-0.05, 0) is 18.8 Å². The number of hydrogen-bond acceptors (Lipinski definition) is 3. The van der Waals surface area contributed by atoms with Gasteiger partial charge in [-0.3, -0.25) is 0 Å². The van der Waals surface area contributed by atoms with Crippen molar-refractivity contribution in [3.05, 3.63) is 0 Å². The van der Waals surface area contributed by atoms with E-state index in [0.29, 0.717) is 18.9 Å². The van der Waals surface area contributed by atoms with Gasteiger partial charge in [0.05, 0.1) is 0 Å². The first-order valence-electron chi connectivity index (χ1n) is 6.01. The number of likely N-dealkylation sites (tertiary alicyclic amines) is 1. The first kappa shape index (κ1) is 13.6. The van der Waals surface area contributed by atoms with Crippen LogP contribution in [0.4, 0.5) is 4.79 Å². The normalized spacial score (nSPS) is 21.4. The van der Waals surface area contributed by atoms with Crippen LogP contribution in [0.2, 0.25) is 0 Å². The van der Waals surface area contributed by atoms with Gasteiger partial charge in [0, 0.05) is 33.1 Å². The first-order valence-corrected chi connectivity index (χ1v) is 6.01. The van der Waals surface area contributed by atoms with Crippen LogP contribution in [0.1, 0.15) is 26.2 Å². The Balaban J connectivity index is 2.40. The summed E-state index contributed by atoms with van der Waals surface area (Å²) in [6.07, 6.45) is 2.65. The molecule has 6 nitrogen and oxygen atoms in total. The van der Waals surface area contributed by atoms with E-state index in [2.05, 4.69) is 12.1 Å². The Labute approximate surface area is 102 Å². The summed E-state index contributed by atoms with van der Waals surface area (Å²) in [6, 6.07) is 0.0299. The molecule has 3 N–H and O–H groups in total. The van der Waals surface area contributed by atoms with E-state index >= 15 is 0 Å². The number of rotatable bonds is 3. The number of nitrogens with zero attached hydrogens (tertiary/aromatic N) is 3. The van der Waals surface area contributed by atoms with Gasteiger partial charge in [0.15, 0.2) is 0 Å². The Kier molecular flexibility index (Phi) is 5.06. The zero-order valence-electron chi connectivity index (χ0n) is 10.6.